The van der Waals surface area contributed by atoms with Crippen LogP contribution in [0.15, 0.2) is 12.3 Å². The second-order valence-electron chi connectivity index (χ2n) is 4.44. The number of halogens is 1. The minimum Gasteiger partial charge on any atom is -0.377 e. The molecule has 19 heavy (non-hydrogen) atoms. The Balaban J connectivity index is 2.88. The lowest BCUT2D eigenvalue weighted by Gasteiger charge is -2.23. The molecule has 0 spiro atoms. The summed E-state index contributed by atoms with van der Waals surface area (Å²) in [6, 6.07) is 1.09. The minimum absolute atomic E-state index is 0.0391. The molecule has 0 saturated carbocycles. The molecule has 1 amide bonds. The van der Waals surface area contributed by atoms with Gasteiger partial charge in [-0.1, -0.05) is 11.6 Å². The van der Waals surface area contributed by atoms with E-state index < -0.39 is 16.4 Å². The third-order valence-electron chi connectivity index (χ3n) is 2.51. The van der Waals surface area contributed by atoms with Gasteiger partial charge in [0.2, 0.25) is 0 Å². The van der Waals surface area contributed by atoms with Crippen LogP contribution in [0.2, 0.25) is 5.15 Å². The van der Waals surface area contributed by atoms with Gasteiger partial charge in [0.05, 0.1) is 16.1 Å². The van der Waals surface area contributed by atoms with Crippen molar-refractivity contribution in [2.24, 2.45) is 0 Å². The van der Waals surface area contributed by atoms with Crippen LogP contribution >= 0.6 is 11.6 Å². The van der Waals surface area contributed by atoms with Crippen molar-refractivity contribution in [1.29, 1.82) is 0 Å². The van der Waals surface area contributed by atoms with Crippen molar-refractivity contribution in [3.8, 4) is 0 Å². The molecule has 1 rings (SSSR count). The van der Waals surface area contributed by atoms with Gasteiger partial charge >= 0.3 is 0 Å². The monoisotopic (exact) mass is 287 g/mol. The number of nitrogens with zero attached hydrogens (tertiary/aromatic N) is 2. The van der Waals surface area contributed by atoms with E-state index in [0.717, 1.165) is 12.3 Å². The molecule has 0 aliphatic rings. The maximum Gasteiger partial charge on any atom is 0.288 e. The van der Waals surface area contributed by atoms with Gasteiger partial charge in [0.1, 0.15) is 11.3 Å². The Labute approximate surface area is 115 Å². The summed E-state index contributed by atoms with van der Waals surface area (Å²) < 4.78 is 5.14. The van der Waals surface area contributed by atoms with Gasteiger partial charge in [-0.3, -0.25) is 14.9 Å². The van der Waals surface area contributed by atoms with E-state index in [-0.39, 0.29) is 22.9 Å². The summed E-state index contributed by atoms with van der Waals surface area (Å²) in [5, 5.41) is 13.1. The fraction of sp³-hybridized carbons (Fsp3) is 0.455. The SMILES string of the molecule is COC(C)(C)CNC(=O)c1cc([N+](=O)[O-])cnc1Cl. The van der Waals surface area contributed by atoms with E-state index in [0.29, 0.717) is 0 Å². The summed E-state index contributed by atoms with van der Waals surface area (Å²) in [6.45, 7) is 3.82. The first-order chi connectivity index (χ1) is 8.76. The zero-order chi connectivity index (χ0) is 14.6. The molecule has 0 fully saturated rings. The summed E-state index contributed by atoms with van der Waals surface area (Å²) in [5.74, 6) is -0.536. The normalized spacial score (nSPS) is 11.2. The first-order valence-electron chi connectivity index (χ1n) is 5.40. The van der Waals surface area contributed by atoms with Crippen molar-refractivity contribution < 1.29 is 14.5 Å². The third kappa shape index (κ3) is 4.15. The topological polar surface area (TPSA) is 94.4 Å². The Morgan fingerprint density at radius 3 is 2.79 bits per heavy atom. The molecule has 0 radical (unpaired) electrons. The average molecular weight is 288 g/mol. The van der Waals surface area contributed by atoms with Crippen LogP contribution in [0.3, 0.4) is 0 Å². The van der Waals surface area contributed by atoms with Gasteiger partial charge < -0.3 is 10.1 Å². The van der Waals surface area contributed by atoms with Gasteiger partial charge in [0.25, 0.3) is 11.6 Å². The maximum absolute atomic E-state index is 11.9. The van der Waals surface area contributed by atoms with Gasteiger partial charge in [-0.15, -0.1) is 0 Å². The largest absolute Gasteiger partial charge is 0.377 e. The molecule has 0 aliphatic heterocycles. The predicted molar refractivity (Wildman–Crippen MR) is 69.3 cm³/mol. The van der Waals surface area contributed by atoms with E-state index in [2.05, 4.69) is 10.3 Å². The summed E-state index contributed by atoms with van der Waals surface area (Å²) >= 11 is 5.75. The van der Waals surface area contributed by atoms with Crippen LogP contribution in [0.5, 0.6) is 0 Å². The Morgan fingerprint density at radius 2 is 2.26 bits per heavy atom. The van der Waals surface area contributed by atoms with Gasteiger partial charge in [0.15, 0.2) is 0 Å². The Bertz CT molecular complexity index is 505. The lowest BCUT2D eigenvalue weighted by atomic mass is 10.1. The number of carbonyl (C=O) groups is 1. The first-order valence-corrected chi connectivity index (χ1v) is 5.78. The summed E-state index contributed by atoms with van der Waals surface area (Å²) in [6.07, 6.45) is 0.998. The van der Waals surface area contributed by atoms with Crippen molar-refractivity contribution in [3.05, 3.63) is 33.1 Å². The predicted octanol–water partition coefficient (Wildman–Crippen LogP) is 1.80. The smallest absolute Gasteiger partial charge is 0.288 e. The Hall–Kier alpha value is -1.73. The van der Waals surface area contributed by atoms with E-state index in [1.807, 2.05) is 0 Å². The highest BCUT2D eigenvalue weighted by Crippen LogP contribution is 2.19. The van der Waals surface area contributed by atoms with Gasteiger partial charge in [-0.25, -0.2) is 4.98 Å². The zero-order valence-electron chi connectivity index (χ0n) is 10.8. The van der Waals surface area contributed by atoms with E-state index in [9.17, 15) is 14.9 Å². The molecule has 8 heteroatoms. The second kappa shape index (κ2) is 5.94. The number of amides is 1. The van der Waals surface area contributed by atoms with Crippen molar-refractivity contribution in [1.82, 2.24) is 10.3 Å². The summed E-state index contributed by atoms with van der Waals surface area (Å²) in [4.78, 5) is 25.5. The van der Waals surface area contributed by atoms with Gasteiger partial charge in [-0.05, 0) is 13.8 Å². The molecule has 1 aromatic rings. The summed E-state index contributed by atoms with van der Waals surface area (Å²) in [7, 11) is 1.52. The Kier molecular flexibility index (Phi) is 4.79. The molecule has 0 aromatic carbocycles. The van der Waals surface area contributed by atoms with Crippen LogP contribution in [-0.2, 0) is 4.74 Å². The molecule has 0 aliphatic carbocycles. The Morgan fingerprint density at radius 1 is 1.63 bits per heavy atom. The number of aromatic nitrogens is 1. The van der Waals surface area contributed by atoms with Crippen molar-refractivity contribution >= 4 is 23.2 Å². The molecule has 1 aromatic heterocycles. The fourth-order valence-corrected chi connectivity index (χ4v) is 1.35. The fourth-order valence-electron chi connectivity index (χ4n) is 1.16. The minimum atomic E-state index is -0.640. The molecular formula is C11H14ClN3O4. The number of rotatable bonds is 5. The number of methoxy groups -OCH3 is 1. The second-order valence-corrected chi connectivity index (χ2v) is 4.79. The number of nitro groups is 1. The van der Waals surface area contributed by atoms with Crippen LogP contribution < -0.4 is 5.32 Å². The number of pyridine rings is 1. The van der Waals surface area contributed by atoms with Crippen LogP contribution in [0.25, 0.3) is 0 Å². The van der Waals surface area contributed by atoms with Crippen LogP contribution in [0.1, 0.15) is 24.2 Å². The van der Waals surface area contributed by atoms with Gasteiger partial charge in [0, 0.05) is 19.7 Å². The molecule has 7 nitrogen and oxygen atoms in total. The highest BCUT2D eigenvalue weighted by molar-refractivity contribution is 6.32. The van der Waals surface area contributed by atoms with Crippen LogP contribution in [0, 0.1) is 10.1 Å². The number of hydrogen-bond donors (Lipinski definition) is 1. The standard InChI is InChI=1S/C11H14ClN3O4/c1-11(2,19-3)6-14-10(16)8-4-7(15(17)18)5-13-9(8)12/h4-5H,6H2,1-3H3,(H,14,16). The lowest BCUT2D eigenvalue weighted by Crippen LogP contribution is -2.39. The highest BCUT2D eigenvalue weighted by Gasteiger charge is 2.21. The van der Waals surface area contributed by atoms with Crippen molar-refractivity contribution in [2.45, 2.75) is 19.4 Å². The number of carbonyl (C=O) groups excluding carboxylic acids is 1. The molecule has 104 valence electrons. The molecular weight excluding hydrogens is 274 g/mol. The van der Waals surface area contributed by atoms with Crippen molar-refractivity contribution in [3.63, 3.8) is 0 Å². The van der Waals surface area contributed by atoms with E-state index in [1.54, 1.807) is 13.8 Å². The first kappa shape index (κ1) is 15.3. The molecule has 1 N–H and O–H groups in total. The van der Waals surface area contributed by atoms with E-state index in [4.69, 9.17) is 16.3 Å². The number of nitrogens with one attached hydrogen (secondary N) is 1. The number of hydrogen-bond acceptors (Lipinski definition) is 5. The van der Waals surface area contributed by atoms with E-state index in [1.165, 1.54) is 7.11 Å². The molecule has 1 heterocycles. The number of ether oxygens (including phenoxy) is 1. The van der Waals surface area contributed by atoms with Crippen molar-refractivity contribution in [2.75, 3.05) is 13.7 Å². The molecule has 0 atom stereocenters. The summed E-state index contributed by atoms with van der Waals surface area (Å²) in [5.41, 5.74) is -0.876. The highest BCUT2D eigenvalue weighted by atomic mass is 35.5. The lowest BCUT2D eigenvalue weighted by molar-refractivity contribution is -0.385. The van der Waals surface area contributed by atoms with Crippen LogP contribution in [-0.4, -0.2) is 35.1 Å². The van der Waals surface area contributed by atoms with E-state index >= 15 is 0 Å². The zero-order valence-corrected chi connectivity index (χ0v) is 11.5. The third-order valence-corrected chi connectivity index (χ3v) is 2.81. The molecule has 0 saturated heterocycles. The van der Waals surface area contributed by atoms with Crippen LogP contribution in [0.4, 0.5) is 5.69 Å². The average Bonchev–Trinajstić information content (AvgIpc) is 2.36. The molecule has 0 bridgehead atoms. The maximum atomic E-state index is 11.9. The van der Waals surface area contributed by atoms with Gasteiger partial charge in [-0.2, -0.15) is 0 Å². The molecule has 0 unspecified atom stereocenters. The quantitative estimate of drug-likeness (QED) is 0.506.